The molecule has 0 aliphatic heterocycles. The second kappa shape index (κ2) is 5.43. The maximum absolute atomic E-state index is 12.8. The zero-order valence-corrected chi connectivity index (χ0v) is 9.16. The van der Waals surface area contributed by atoms with E-state index < -0.39 is 5.82 Å². The van der Waals surface area contributed by atoms with E-state index in [2.05, 4.69) is 5.32 Å². The maximum Gasteiger partial charge on any atom is 0.240 e. The van der Waals surface area contributed by atoms with Gasteiger partial charge in [-0.3, -0.25) is 4.79 Å². The lowest BCUT2D eigenvalue weighted by Gasteiger charge is -2.13. The molecule has 16 heavy (non-hydrogen) atoms. The van der Waals surface area contributed by atoms with Crippen LogP contribution in [0.15, 0.2) is 18.2 Å². The Morgan fingerprint density at radius 1 is 1.62 bits per heavy atom. The largest absolute Gasteiger partial charge is 0.396 e. The van der Waals surface area contributed by atoms with Gasteiger partial charge in [-0.2, -0.15) is 5.06 Å². The molecule has 0 saturated carbocycles. The number of nitrogens with two attached hydrogens (primary N) is 1. The van der Waals surface area contributed by atoms with E-state index in [1.807, 2.05) is 0 Å². The van der Waals surface area contributed by atoms with Gasteiger partial charge in [0.05, 0.1) is 12.8 Å². The highest BCUT2D eigenvalue weighted by Crippen LogP contribution is 2.16. The summed E-state index contributed by atoms with van der Waals surface area (Å²) in [6.07, 6.45) is 0. The zero-order chi connectivity index (χ0) is 12.1. The molecule has 0 saturated heterocycles. The van der Waals surface area contributed by atoms with Crippen molar-refractivity contribution in [1.82, 2.24) is 5.06 Å². The number of amides is 1. The van der Waals surface area contributed by atoms with Crippen LogP contribution in [-0.2, 0) is 9.63 Å². The molecule has 0 fully saturated rings. The van der Waals surface area contributed by atoms with Gasteiger partial charge in [0.25, 0.3) is 0 Å². The standard InChI is InChI=1S/C10H14FN3O2/c1-14(16-2)6-10(15)13-7-3-4-8(11)9(12)5-7/h3-5H,6,12H2,1-2H3,(H,13,15). The third-order valence-corrected chi connectivity index (χ3v) is 1.96. The number of hydrogen-bond donors (Lipinski definition) is 2. The second-order valence-corrected chi connectivity index (χ2v) is 3.25. The molecule has 3 N–H and O–H groups in total. The molecule has 0 heterocycles. The SMILES string of the molecule is CON(C)CC(=O)Nc1ccc(F)c(N)c1. The predicted molar refractivity (Wildman–Crippen MR) is 59.1 cm³/mol. The number of nitrogens with one attached hydrogen (secondary N) is 1. The first-order valence-corrected chi connectivity index (χ1v) is 4.63. The third kappa shape index (κ3) is 3.48. The highest BCUT2D eigenvalue weighted by molar-refractivity contribution is 5.92. The molecule has 0 aliphatic carbocycles. The van der Waals surface area contributed by atoms with Crippen molar-refractivity contribution in [1.29, 1.82) is 0 Å². The monoisotopic (exact) mass is 227 g/mol. The normalized spacial score (nSPS) is 10.5. The molecule has 5 nitrogen and oxygen atoms in total. The number of hydrogen-bond acceptors (Lipinski definition) is 4. The number of anilines is 2. The Kier molecular flexibility index (Phi) is 4.21. The predicted octanol–water partition coefficient (Wildman–Crippen LogP) is 0.840. The van der Waals surface area contributed by atoms with E-state index >= 15 is 0 Å². The fourth-order valence-corrected chi connectivity index (χ4v) is 1.09. The van der Waals surface area contributed by atoms with Gasteiger partial charge in [0, 0.05) is 12.7 Å². The van der Waals surface area contributed by atoms with Crippen LogP contribution in [0.1, 0.15) is 0 Å². The van der Waals surface area contributed by atoms with Crippen molar-refractivity contribution >= 4 is 17.3 Å². The van der Waals surface area contributed by atoms with E-state index in [1.165, 1.54) is 30.4 Å². The van der Waals surface area contributed by atoms with Crippen LogP contribution in [0, 0.1) is 5.82 Å². The van der Waals surface area contributed by atoms with Crippen molar-refractivity contribution < 1.29 is 14.0 Å². The molecule has 6 heteroatoms. The van der Waals surface area contributed by atoms with Crippen molar-refractivity contribution in [3.8, 4) is 0 Å². The number of nitrogens with zero attached hydrogens (tertiary/aromatic N) is 1. The number of rotatable bonds is 4. The Morgan fingerprint density at radius 3 is 2.88 bits per heavy atom. The molecule has 1 aromatic rings. The quantitative estimate of drug-likeness (QED) is 0.591. The van der Waals surface area contributed by atoms with E-state index in [0.717, 1.165) is 0 Å². The minimum absolute atomic E-state index is 0.00195. The highest BCUT2D eigenvalue weighted by atomic mass is 19.1. The Hall–Kier alpha value is -1.66. The molecule has 0 radical (unpaired) electrons. The second-order valence-electron chi connectivity index (χ2n) is 3.25. The van der Waals surface area contributed by atoms with Crippen molar-refractivity contribution in [3.05, 3.63) is 24.0 Å². The van der Waals surface area contributed by atoms with Crippen molar-refractivity contribution in [2.45, 2.75) is 0 Å². The number of benzene rings is 1. The van der Waals surface area contributed by atoms with E-state index in [9.17, 15) is 9.18 Å². The number of nitrogen functional groups attached to an aromatic ring is 1. The van der Waals surface area contributed by atoms with E-state index in [0.29, 0.717) is 5.69 Å². The summed E-state index contributed by atoms with van der Waals surface area (Å²) in [6.45, 7) is 0.0772. The van der Waals surface area contributed by atoms with Crippen molar-refractivity contribution in [2.24, 2.45) is 0 Å². The minimum Gasteiger partial charge on any atom is -0.396 e. The minimum atomic E-state index is -0.507. The van der Waals surface area contributed by atoms with Crippen LogP contribution in [0.5, 0.6) is 0 Å². The average Bonchev–Trinajstić information content (AvgIpc) is 2.23. The summed E-state index contributed by atoms with van der Waals surface area (Å²) in [5, 5.41) is 3.93. The van der Waals surface area contributed by atoms with Gasteiger partial charge >= 0.3 is 0 Å². The Labute approximate surface area is 92.9 Å². The molecule has 0 aliphatic rings. The van der Waals surface area contributed by atoms with Gasteiger partial charge in [0.1, 0.15) is 12.4 Å². The maximum atomic E-state index is 12.8. The highest BCUT2D eigenvalue weighted by Gasteiger charge is 2.07. The molecule has 1 rings (SSSR count). The van der Waals surface area contributed by atoms with Crippen LogP contribution in [0.25, 0.3) is 0 Å². The van der Waals surface area contributed by atoms with Gasteiger partial charge in [0.15, 0.2) is 0 Å². The molecule has 0 atom stereocenters. The van der Waals surface area contributed by atoms with Crippen LogP contribution < -0.4 is 11.1 Å². The Bertz CT molecular complexity index is 384. The summed E-state index contributed by atoms with van der Waals surface area (Å²) in [5.74, 6) is -0.776. The smallest absolute Gasteiger partial charge is 0.240 e. The van der Waals surface area contributed by atoms with Gasteiger partial charge < -0.3 is 15.9 Å². The molecule has 0 unspecified atom stereocenters. The number of carbonyl (C=O) groups is 1. The first-order chi connectivity index (χ1) is 7.52. The third-order valence-electron chi connectivity index (χ3n) is 1.96. The lowest BCUT2D eigenvalue weighted by atomic mass is 10.2. The van der Waals surface area contributed by atoms with Crippen LogP contribution >= 0.6 is 0 Å². The Morgan fingerprint density at radius 2 is 2.31 bits per heavy atom. The van der Waals surface area contributed by atoms with Crippen LogP contribution in [-0.4, -0.2) is 31.7 Å². The van der Waals surface area contributed by atoms with Crippen LogP contribution in [0.2, 0.25) is 0 Å². The number of halogens is 1. The molecule has 0 aromatic heterocycles. The number of carbonyl (C=O) groups excluding carboxylic acids is 1. The van der Waals surface area contributed by atoms with E-state index in [4.69, 9.17) is 10.6 Å². The summed E-state index contributed by atoms with van der Waals surface area (Å²) >= 11 is 0. The van der Waals surface area contributed by atoms with Crippen LogP contribution in [0.3, 0.4) is 0 Å². The number of likely N-dealkylation sites (N-methyl/N-ethyl adjacent to an activating group) is 1. The van der Waals surface area contributed by atoms with Gasteiger partial charge in [-0.05, 0) is 18.2 Å². The van der Waals surface area contributed by atoms with E-state index in [-0.39, 0.29) is 18.1 Å². The molecule has 1 amide bonds. The summed E-state index contributed by atoms with van der Waals surface area (Å²) in [4.78, 5) is 16.2. The fraction of sp³-hybridized carbons (Fsp3) is 0.300. The summed E-state index contributed by atoms with van der Waals surface area (Å²) in [6, 6.07) is 4.00. The Balaban J connectivity index is 2.59. The van der Waals surface area contributed by atoms with Gasteiger partial charge in [0.2, 0.25) is 5.91 Å². The average molecular weight is 227 g/mol. The number of hydroxylamine groups is 2. The first kappa shape index (κ1) is 12.4. The first-order valence-electron chi connectivity index (χ1n) is 4.63. The fourth-order valence-electron chi connectivity index (χ4n) is 1.09. The topological polar surface area (TPSA) is 67.6 Å². The molecule has 1 aromatic carbocycles. The van der Waals surface area contributed by atoms with Crippen molar-refractivity contribution in [2.75, 3.05) is 31.8 Å². The summed E-state index contributed by atoms with van der Waals surface area (Å²) < 4.78 is 12.8. The molecular formula is C10H14FN3O2. The zero-order valence-electron chi connectivity index (χ0n) is 9.16. The lowest BCUT2D eigenvalue weighted by molar-refractivity contribution is -0.137. The lowest BCUT2D eigenvalue weighted by Crippen LogP contribution is -2.29. The molecule has 0 bridgehead atoms. The summed E-state index contributed by atoms with van der Waals surface area (Å²) in [7, 11) is 3.09. The summed E-state index contributed by atoms with van der Waals surface area (Å²) in [5.41, 5.74) is 5.81. The molecular weight excluding hydrogens is 213 g/mol. The van der Waals surface area contributed by atoms with Crippen LogP contribution in [0.4, 0.5) is 15.8 Å². The van der Waals surface area contributed by atoms with Gasteiger partial charge in [-0.25, -0.2) is 4.39 Å². The van der Waals surface area contributed by atoms with Gasteiger partial charge in [-0.15, -0.1) is 0 Å². The molecule has 0 spiro atoms. The molecule has 88 valence electrons. The van der Waals surface area contributed by atoms with E-state index in [1.54, 1.807) is 7.05 Å². The van der Waals surface area contributed by atoms with Crippen molar-refractivity contribution in [3.63, 3.8) is 0 Å². The van der Waals surface area contributed by atoms with Gasteiger partial charge in [-0.1, -0.05) is 0 Å².